The number of carbonyl (C=O) groups is 1. The average Bonchev–Trinajstić information content (AvgIpc) is 3.15. The highest BCUT2D eigenvalue weighted by Gasteiger charge is 2.31. The van der Waals surface area contributed by atoms with E-state index in [9.17, 15) is 13.2 Å². The van der Waals surface area contributed by atoms with Gasteiger partial charge in [-0.05, 0) is 54.2 Å². The van der Waals surface area contributed by atoms with Crippen molar-refractivity contribution >= 4 is 21.7 Å². The minimum Gasteiger partial charge on any atom is -0.338 e. The number of rotatable bonds is 4. The van der Waals surface area contributed by atoms with Crippen molar-refractivity contribution in [2.75, 3.05) is 24.5 Å². The molecule has 0 fully saturated rings. The van der Waals surface area contributed by atoms with Gasteiger partial charge in [-0.3, -0.25) is 4.90 Å². The molecule has 0 unspecified atom stereocenters. The van der Waals surface area contributed by atoms with Crippen molar-refractivity contribution in [3.8, 4) is 0 Å². The van der Waals surface area contributed by atoms with Gasteiger partial charge in [0.05, 0.1) is 4.90 Å². The molecular weight excluding hydrogens is 374 g/mol. The molecule has 2 aliphatic rings. The van der Waals surface area contributed by atoms with Gasteiger partial charge in [-0.1, -0.05) is 31.2 Å². The van der Waals surface area contributed by atoms with E-state index in [1.807, 2.05) is 25.1 Å². The summed E-state index contributed by atoms with van der Waals surface area (Å²) >= 11 is 0. The SMILES string of the molecule is CCCNC(=O)N1CCc2cc(S(=O)(=O)N3CCc4ccccc4C3)ccc21. The molecule has 2 aromatic carbocycles. The van der Waals surface area contributed by atoms with Crippen molar-refractivity contribution < 1.29 is 13.2 Å². The number of hydrogen-bond acceptors (Lipinski definition) is 3. The zero-order chi connectivity index (χ0) is 19.7. The molecule has 2 aliphatic heterocycles. The molecule has 148 valence electrons. The van der Waals surface area contributed by atoms with Crippen molar-refractivity contribution in [1.29, 1.82) is 0 Å². The standard InChI is InChI=1S/C21H25N3O3S/c1-2-11-22-21(25)24-13-10-17-14-19(7-8-20(17)24)28(26,27)23-12-9-16-5-3-4-6-18(16)15-23/h3-8,14H,2,9-13,15H2,1H3,(H,22,25). The third-order valence-corrected chi connectivity index (χ3v) is 7.29. The molecule has 0 atom stereocenters. The number of amides is 2. The van der Waals surface area contributed by atoms with Crippen LogP contribution in [0.1, 0.15) is 30.0 Å². The van der Waals surface area contributed by atoms with Crippen LogP contribution in [0.2, 0.25) is 0 Å². The first-order chi connectivity index (χ1) is 13.5. The number of benzene rings is 2. The Balaban J connectivity index is 1.56. The third-order valence-electron chi connectivity index (χ3n) is 5.45. The molecule has 2 heterocycles. The van der Waals surface area contributed by atoms with Crippen molar-refractivity contribution in [1.82, 2.24) is 9.62 Å². The van der Waals surface area contributed by atoms with E-state index < -0.39 is 10.0 Å². The Labute approximate surface area is 166 Å². The molecule has 28 heavy (non-hydrogen) atoms. The van der Waals surface area contributed by atoms with Crippen LogP contribution in [0.25, 0.3) is 0 Å². The largest absolute Gasteiger partial charge is 0.338 e. The van der Waals surface area contributed by atoms with Gasteiger partial charge in [0, 0.05) is 31.9 Å². The molecule has 4 rings (SSSR count). The minimum absolute atomic E-state index is 0.121. The molecule has 0 saturated heterocycles. The Bertz CT molecular complexity index is 1000. The maximum absolute atomic E-state index is 13.2. The van der Waals surface area contributed by atoms with Crippen LogP contribution in [0.5, 0.6) is 0 Å². The van der Waals surface area contributed by atoms with Crippen LogP contribution < -0.4 is 10.2 Å². The van der Waals surface area contributed by atoms with Gasteiger partial charge in [-0.25, -0.2) is 13.2 Å². The van der Waals surface area contributed by atoms with E-state index in [-0.39, 0.29) is 6.03 Å². The summed E-state index contributed by atoms with van der Waals surface area (Å²) in [4.78, 5) is 14.3. The minimum atomic E-state index is -3.56. The van der Waals surface area contributed by atoms with E-state index >= 15 is 0 Å². The van der Waals surface area contributed by atoms with Crippen LogP contribution in [-0.2, 0) is 29.4 Å². The van der Waals surface area contributed by atoms with E-state index in [0.717, 1.165) is 29.7 Å². The lowest BCUT2D eigenvalue weighted by atomic mass is 10.0. The molecule has 0 bridgehead atoms. The highest BCUT2D eigenvalue weighted by molar-refractivity contribution is 7.89. The molecular formula is C21H25N3O3S. The van der Waals surface area contributed by atoms with Crippen LogP contribution in [-0.4, -0.2) is 38.4 Å². The Kier molecular flexibility index (Phi) is 5.12. The fourth-order valence-corrected chi connectivity index (χ4v) is 5.37. The highest BCUT2D eigenvalue weighted by Crippen LogP contribution is 2.32. The number of anilines is 1. The zero-order valence-electron chi connectivity index (χ0n) is 16.0. The van der Waals surface area contributed by atoms with E-state index in [0.29, 0.717) is 37.5 Å². The molecule has 0 aromatic heterocycles. The van der Waals surface area contributed by atoms with Gasteiger partial charge in [0.2, 0.25) is 10.0 Å². The maximum Gasteiger partial charge on any atom is 0.321 e. The summed E-state index contributed by atoms with van der Waals surface area (Å²) in [7, 11) is -3.56. The first-order valence-corrected chi connectivity index (χ1v) is 11.2. The second-order valence-corrected chi connectivity index (χ2v) is 9.22. The second kappa shape index (κ2) is 7.56. The molecule has 2 aromatic rings. The summed E-state index contributed by atoms with van der Waals surface area (Å²) in [5.41, 5.74) is 4.00. The fraction of sp³-hybridized carbons (Fsp3) is 0.381. The number of carbonyl (C=O) groups excluding carboxylic acids is 1. The summed E-state index contributed by atoms with van der Waals surface area (Å²) in [6, 6.07) is 13.0. The first kappa shape index (κ1) is 19.0. The van der Waals surface area contributed by atoms with Gasteiger partial charge in [0.25, 0.3) is 0 Å². The number of nitrogens with one attached hydrogen (secondary N) is 1. The number of urea groups is 1. The predicted octanol–water partition coefficient (Wildman–Crippen LogP) is 2.92. The van der Waals surface area contributed by atoms with Crippen molar-refractivity contribution in [3.05, 3.63) is 59.2 Å². The van der Waals surface area contributed by atoms with Gasteiger partial charge in [0.15, 0.2) is 0 Å². The van der Waals surface area contributed by atoms with Gasteiger partial charge in [-0.2, -0.15) is 4.31 Å². The third kappa shape index (κ3) is 3.40. The van der Waals surface area contributed by atoms with E-state index in [1.165, 1.54) is 5.56 Å². The van der Waals surface area contributed by atoms with Gasteiger partial charge >= 0.3 is 6.03 Å². The summed E-state index contributed by atoms with van der Waals surface area (Å²) in [6.45, 7) is 4.11. The molecule has 2 amide bonds. The first-order valence-electron chi connectivity index (χ1n) is 9.76. The lowest BCUT2D eigenvalue weighted by Gasteiger charge is -2.28. The number of hydrogen-bond donors (Lipinski definition) is 1. The van der Waals surface area contributed by atoms with Gasteiger partial charge < -0.3 is 5.32 Å². The van der Waals surface area contributed by atoms with Gasteiger partial charge in [0.1, 0.15) is 0 Å². The van der Waals surface area contributed by atoms with Gasteiger partial charge in [-0.15, -0.1) is 0 Å². The van der Waals surface area contributed by atoms with Crippen molar-refractivity contribution in [3.63, 3.8) is 0 Å². The molecule has 1 N–H and O–H groups in total. The number of sulfonamides is 1. The molecule has 6 nitrogen and oxygen atoms in total. The lowest BCUT2D eigenvalue weighted by Crippen LogP contribution is -2.39. The fourth-order valence-electron chi connectivity index (χ4n) is 3.90. The van der Waals surface area contributed by atoms with E-state index in [2.05, 4.69) is 11.4 Å². The lowest BCUT2D eigenvalue weighted by molar-refractivity contribution is 0.247. The molecule has 7 heteroatoms. The Morgan fingerprint density at radius 1 is 1.04 bits per heavy atom. The van der Waals surface area contributed by atoms with Crippen LogP contribution in [0, 0.1) is 0 Å². The smallest absolute Gasteiger partial charge is 0.321 e. The Hall–Kier alpha value is -2.38. The van der Waals surface area contributed by atoms with Crippen molar-refractivity contribution in [2.45, 2.75) is 37.6 Å². The summed E-state index contributed by atoms with van der Waals surface area (Å²) in [6.07, 6.45) is 2.27. The summed E-state index contributed by atoms with van der Waals surface area (Å²) < 4.78 is 27.9. The maximum atomic E-state index is 13.2. The van der Waals surface area contributed by atoms with Crippen LogP contribution in [0.15, 0.2) is 47.4 Å². The molecule has 0 spiro atoms. The normalized spacial score (nSPS) is 16.5. The quantitative estimate of drug-likeness (QED) is 0.859. The number of nitrogens with zero attached hydrogens (tertiary/aromatic N) is 2. The van der Waals surface area contributed by atoms with E-state index in [4.69, 9.17) is 0 Å². The molecule has 0 radical (unpaired) electrons. The highest BCUT2D eigenvalue weighted by atomic mass is 32.2. The van der Waals surface area contributed by atoms with Crippen molar-refractivity contribution in [2.24, 2.45) is 0 Å². The Morgan fingerprint density at radius 3 is 2.57 bits per heavy atom. The second-order valence-electron chi connectivity index (χ2n) is 7.28. The monoisotopic (exact) mass is 399 g/mol. The average molecular weight is 400 g/mol. The van der Waals surface area contributed by atoms with Crippen LogP contribution in [0.4, 0.5) is 10.5 Å². The predicted molar refractivity (Wildman–Crippen MR) is 109 cm³/mol. The number of fused-ring (bicyclic) bond motifs is 2. The van der Waals surface area contributed by atoms with E-state index in [1.54, 1.807) is 27.4 Å². The molecule has 0 saturated carbocycles. The topological polar surface area (TPSA) is 69.7 Å². The Morgan fingerprint density at radius 2 is 1.79 bits per heavy atom. The van der Waals surface area contributed by atoms with Crippen LogP contribution in [0.3, 0.4) is 0 Å². The van der Waals surface area contributed by atoms with Crippen LogP contribution >= 0.6 is 0 Å². The zero-order valence-corrected chi connectivity index (χ0v) is 16.8. The summed E-state index contributed by atoms with van der Waals surface area (Å²) in [5.74, 6) is 0. The summed E-state index contributed by atoms with van der Waals surface area (Å²) in [5, 5.41) is 2.88. The molecule has 0 aliphatic carbocycles.